The SMILES string of the molecule is Cc1cc(CC2(N)CCCC(C(C)C)CC2)n(C)n1. The first-order valence-electron chi connectivity index (χ1n) is 7.68. The molecule has 0 radical (unpaired) electrons. The van der Waals surface area contributed by atoms with Crippen LogP contribution in [-0.4, -0.2) is 15.3 Å². The standard InChI is InChI=1S/C16H29N3/c1-12(2)14-6-5-8-16(17,9-7-14)11-15-10-13(3)18-19(15)4/h10,12,14H,5-9,11,17H2,1-4H3. The van der Waals surface area contributed by atoms with Gasteiger partial charge >= 0.3 is 0 Å². The van der Waals surface area contributed by atoms with E-state index in [-0.39, 0.29) is 5.54 Å². The summed E-state index contributed by atoms with van der Waals surface area (Å²) in [6.45, 7) is 6.74. The number of nitrogens with zero attached hydrogens (tertiary/aromatic N) is 2. The third kappa shape index (κ3) is 3.59. The van der Waals surface area contributed by atoms with E-state index < -0.39 is 0 Å². The summed E-state index contributed by atoms with van der Waals surface area (Å²) in [6, 6.07) is 2.18. The molecule has 0 aliphatic heterocycles. The van der Waals surface area contributed by atoms with Gasteiger partial charge in [0.15, 0.2) is 0 Å². The molecule has 0 bridgehead atoms. The average Bonchev–Trinajstić information content (AvgIpc) is 2.51. The van der Waals surface area contributed by atoms with E-state index in [2.05, 4.69) is 31.9 Å². The van der Waals surface area contributed by atoms with Crippen molar-refractivity contribution in [2.24, 2.45) is 24.6 Å². The van der Waals surface area contributed by atoms with Crippen molar-refractivity contribution >= 4 is 0 Å². The molecule has 1 fully saturated rings. The summed E-state index contributed by atoms with van der Waals surface area (Å²) in [5.74, 6) is 1.65. The molecule has 1 aromatic heterocycles. The molecule has 0 amide bonds. The van der Waals surface area contributed by atoms with Gasteiger partial charge in [-0.25, -0.2) is 0 Å². The average molecular weight is 263 g/mol. The van der Waals surface area contributed by atoms with Crippen LogP contribution in [0.2, 0.25) is 0 Å². The molecule has 2 N–H and O–H groups in total. The van der Waals surface area contributed by atoms with Gasteiger partial charge in [0.05, 0.1) is 5.69 Å². The minimum atomic E-state index is -0.0239. The molecule has 2 unspecified atom stereocenters. The van der Waals surface area contributed by atoms with E-state index in [0.29, 0.717) is 0 Å². The van der Waals surface area contributed by atoms with Crippen molar-refractivity contribution in [1.29, 1.82) is 0 Å². The van der Waals surface area contributed by atoms with Crippen molar-refractivity contribution in [3.05, 3.63) is 17.5 Å². The lowest BCUT2D eigenvalue weighted by molar-refractivity contribution is 0.319. The van der Waals surface area contributed by atoms with Crippen LogP contribution in [0.25, 0.3) is 0 Å². The zero-order valence-corrected chi connectivity index (χ0v) is 12.9. The third-order valence-electron chi connectivity index (χ3n) is 4.84. The van der Waals surface area contributed by atoms with Crippen LogP contribution in [0.5, 0.6) is 0 Å². The highest BCUT2D eigenvalue weighted by Gasteiger charge is 2.31. The summed E-state index contributed by atoms with van der Waals surface area (Å²) in [5, 5.41) is 4.44. The van der Waals surface area contributed by atoms with Gasteiger partial charge in [-0.1, -0.05) is 26.7 Å². The first kappa shape index (κ1) is 14.6. The summed E-state index contributed by atoms with van der Waals surface area (Å²) < 4.78 is 1.99. The van der Waals surface area contributed by atoms with Gasteiger partial charge in [-0.15, -0.1) is 0 Å². The van der Waals surface area contributed by atoms with Gasteiger partial charge in [0.25, 0.3) is 0 Å². The molecule has 1 heterocycles. The first-order chi connectivity index (χ1) is 8.89. The highest BCUT2D eigenvalue weighted by molar-refractivity contribution is 5.12. The fourth-order valence-corrected chi connectivity index (χ4v) is 3.49. The Morgan fingerprint density at radius 3 is 2.74 bits per heavy atom. The lowest BCUT2D eigenvalue weighted by Gasteiger charge is -2.28. The predicted octanol–water partition coefficient (Wildman–Crippen LogP) is 3.20. The van der Waals surface area contributed by atoms with E-state index in [1.165, 1.54) is 25.0 Å². The molecule has 1 aliphatic carbocycles. The number of hydrogen-bond donors (Lipinski definition) is 1. The van der Waals surface area contributed by atoms with Crippen LogP contribution < -0.4 is 5.73 Å². The molecular weight excluding hydrogens is 234 g/mol. The number of aromatic nitrogens is 2. The molecule has 2 atom stereocenters. The summed E-state index contributed by atoms with van der Waals surface area (Å²) in [6.07, 6.45) is 7.18. The van der Waals surface area contributed by atoms with Gasteiger partial charge in [0, 0.05) is 24.7 Å². The smallest absolute Gasteiger partial charge is 0.0596 e. The molecule has 1 saturated carbocycles. The topological polar surface area (TPSA) is 43.8 Å². The van der Waals surface area contributed by atoms with Gasteiger partial charge < -0.3 is 5.73 Å². The van der Waals surface area contributed by atoms with Gasteiger partial charge in [0.2, 0.25) is 0 Å². The maximum absolute atomic E-state index is 6.69. The summed E-state index contributed by atoms with van der Waals surface area (Å²) in [5.41, 5.74) is 9.04. The Bertz CT molecular complexity index is 422. The molecule has 3 nitrogen and oxygen atoms in total. The Balaban J connectivity index is 2.04. The molecule has 1 aromatic rings. The highest BCUT2D eigenvalue weighted by Crippen LogP contribution is 2.34. The zero-order chi connectivity index (χ0) is 14.0. The molecule has 1 aliphatic rings. The molecular formula is C16H29N3. The number of aryl methyl sites for hydroxylation is 2. The van der Waals surface area contributed by atoms with Gasteiger partial charge in [-0.3, -0.25) is 4.68 Å². The molecule has 0 aromatic carbocycles. The number of rotatable bonds is 3. The fraction of sp³-hybridized carbons (Fsp3) is 0.812. The quantitative estimate of drug-likeness (QED) is 0.851. The Kier molecular flexibility index (Phi) is 4.34. The lowest BCUT2D eigenvalue weighted by atomic mass is 9.84. The molecule has 108 valence electrons. The first-order valence-corrected chi connectivity index (χ1v) is 7.68. The maximum Gasteiger partial charge on any atom is 0.0596 e. The van der Waals surface area contributed by atoms with Crippen LogP contribution in [0.15, 0.2) is 6.07 Å². The molecule has 19 heavy (non-hydrogen) atoms. The van der Waals surface area contributed by atoms with E-state index in [9.17, 15) is 0 Å². The van der Waals surface area contributed by atoms with Gasteiger partial charge in [-0.2, -0.15) is 5.10 Å². The highest BCUT2D eigenvalue weighted by atomic mass is 15.3. The van der Waals surface area contributed by atoms with Crippen molar-refractivity contribution in [2.45, 2.75) is 64.8 Å². The molecule has 2 rings (SSSR count). The van der Waals surface area contributed by atoms with Crippen molar-refractivity contribution < 1.29 is 0 Å². The normalized spacial score (nSPS) is 28.6. The second-order valence-corrected chi connectivity index (χ2v) is 6.87. The monoisotopic (exact) mass is 263 g/mol. The van der Waals surface area contributed by atoms with Crippen LogP contribution in [0.3, 0.4) is 0 Å². The van der Waals surface area contributed by atoms with Crippen molar-refractivity contribution in [3.63, 3.8) is 0 Å². The second kappa shape index (κ2) is 5.66. The van der Waals surface area contributed by atoms with E-state index in [0.717, 1.165) is 36.8 Å². The van der Waals surface area contributed by atoms with Crippen LogP contribution in [-0.2, 0) is 13.5 Å². The van der Waals surface area contributed by atoms with Crippen molar-refractivity contribution in [2.75, 3.05) is 0 Å². The van der Waals surface area contributed by atoms with E-state index in [1.54, 1.807) is 0 Å². The molecule has 0 spiro atoms. The molecule has 0 saturated heterocycles. The van der Waals surface area contributed by atoms with Gasteiger partial charge in [0.1, 0.15) is 0 Å². The fourth-order valence-electron chi connectivity index (χ4n) is 3.49. The second-order valence-electron chi connectivity index (χ2n) is 6.87. The Hall–Kier alpha value is -0.830. The third-order valence-corrected chi connectivity index (χ3v) is 4.84. The summed E-state index contributed by atoms with van der Waals surface area (Å²) in [7, 11) is 2.03. The predicted molar refractivity (Wildman–Crippen MR) is 80.0 cm³/mol. The zero-order valence-electron chi connectivity index (χ0n) is 12.9. The van der Waals surface area contributed by atoms with Gasteiger partial charge in [-0.05, 0) is 44.1 Å². The summed E-state index contributed by atoms with van der Waals surface area (Å²) in [4.78, 5) is 0. The lowest BCUT2D eigenvalue weighted by Crippen LogP contribution is -2.42. The van der Waals surface area contributed by atoms with Crippen molar-refractivity contribution in [1.82, 2.24) is 9.78 Å². The minimum Gasteiger partial charge on any atom is -0.325 e. The van der Waals surface area contributed by atoms with E-state index in [4.69, 9.17) is 5.73 Å². The summed E-state index contributed by atoms with van der Waals surface area (Å²) >= 11 is 0. The Morgan fingerprint density at radius 1 is 1.42 bits per heavy atom. The van der Waals surface area contributed by atoms with Crippen LogP contribution in [0.1, 0.15) is 57.3 Å². The van der Waals surface area contributed by atoms with Crippen molar-refractivity contribution in [3.8, 4) is 0 Å². The largest absolute Gasteiger partial charge is 0.325 e. The van der Waals surface area contributed by atoms with E-state index >= 15 is 0 Å². The Morgan fingerprint density at radius 2 is 2.16 bits per heavy atom. The minimum absolute atomic E-state index is 0.0239. The van der Waals surface area contributed by atoms with E-state index in [1.807, 2.05) is 11.7 Å². The maximum atomic E-state index is 6.69. The van der Waals surface area contributed by atoms with Crippen LogP contribution >= 0.6 is 0 Å². The van der Waals surface area contributed by atoms with Crippen LogP contribution in [0, 0.1) is 18.8 Å². The number of hydrogen-bond acceptors (Lipinski definition) is 2. The van der Waals surface area contributed by atoms with Crippen LogP contribution in [0.4, 0.5) is 0 Å². The molecule has 3 heteroatoms. The number of nitrogens with two attached hydrogens (primary N) is 1. The Labute approximate surface area is 117 Å².